The summed E-state index contributed by atoms with van der Waals surface area (Å²) >= 11 is 3.56. The van der Waals surface area contributed by atoms with Crippen molar-refractivity contribution in [3.05, 3.63) is 29.8 Å². The molecule has 0 spiro atoms. The van der Waals surface area contributed by atoms with E-state index >= 15 is 0 Å². The van der Waals surface area contributed by atoms with Crippen LogP contribution in [-0.2, 0) is 0 Å². The van der Waals surface area contributed by atoms with Gasteiger partial charge in [0.2, 0.25) is 0 Å². The lowest BCUT2D eigenvalue weighted by Crippen LogP contribution is -2.31. The van der Waals surface area contributed by atoms with Gasteiger partial charge in [-0.1, -0.05) is 22.4 Å². The van der Waals surface area contributed by atoms with E-state index in [0.29, 0.717) is 24.0 Å². The van der Waals surface area contributed by atoms with Crippen molar-refractivity contribution in [3.63, 3.8) is 0 Å². The molecule has 1 saturated carbocycles. The molecule has 0 heterocycles. The molecule has 1 amide bonds. The second-order valence-corrected chi connectivity index (χ2v) is 5.92. The molecule has 1 aliphatic rings. The number of carbonyl (C=O) groups excluding carboxylic acids is 1. The predicted molar refractivity (Wildman–Crippen MR) is 84.6 cm³/mol. The van der Waals surface area contributed by atoms with E-state index in [4.69, 9.17) is 4.74 Å². The fourth-order valence-corrected chi connectivity index (χ4v) is 3.63. The van der Waals surface area contributed by atoms with E-state index in [9.17, 15) is 4.79 Å². The molecule has 2 rings (SSSR count). The minimum absolute atomic E-state index is 0.00766. The highest BCUT2D eigenvalue weighted by Gasteiger charge is 2.26. The summed E-state index contributed by atoms with van der Waals surface area (Å²) in [5, 5.41) is 4.09. The van der Waals surface area contributed by atoms with Gasteiger partial charge >= 0.3 is 0 Å². The number of carbonyl (C=O) groups is 1. The Morgan fingerprint density at radius 3 is 2.65 bits per heavy atom. The number of ether oxygens (including phenoxy) is 1. The van der Waals surface area contributed by atoms with Crippen LogP contribution < -0.4 is 10.1 Å². The Kier molecular flexibility index (Phi) is 5.89. The number of alkyl halides is 1. The largest absolute Gasteiger partial charge is 0.494 e. The van der Waals surface area contributed by atoms with E-state index < -0.39 is 0 Å². The van der Waals surface area contributed by atoms with Crippen LogP contribution in [0.4, 0.5) is 0 Å². The summed E-state index contributed by atoms with van der Waals surface area (Å²) in [6, 6.07) is 7.32. The third-order valence-electron chi connectivity index (χ3n) is 3.97. The summed E-state index contributed by atoms with van der Waals surface area (Å²) in [5.41, 5.74) is 0.696. The Labute approximate surface area is 129 Å². The Balaban J connectivity index is 1.85. The van der Waals surface area contributed by atoms with E-state index in [1.807, 2.05) is 31.2 Å². The number of benzene rings is 1. The normalized spacial score (nSPS) is 21.7. The van der Waals surface area contributed by atoms with E-state index in [-0.39, 0.29) is 5.91 Å². The maximum Gasteiger partial charge on any atom is 0.251 e. The predicted octanol–water partition coefficient (Wildman–Crippen LogP) is 3.63. The quantitative estimate of drug-likeness (QED) is 0.803. The number of nitrogens with one attached hydrogen (secondary N) is 1. The van der Waals surface area contributed by atoms with Crippen molar-refractivity contribution < 1.29 is 9.53 Å². The zero-order valence-corrected chi connectivity index (χ0v) is 13.5. The Morgan fingerprint density at radius 1 is 1.30 bits per heavy atom. The molecule has 1 aromatic rings. The topological polar surface area (TPSA) is 38.3 Å². The van der Waals surface area contributed by atoms with Gasteiger partial charge in [-0.15, -0.1) is 0 Å². The molecule has 1 aliphatic carbocycles. The number of hydrogen-bond donors (Lipinski definition) is 1. The van der Waals surface area contributed by atoms with Crippen LogP contribution in [-0.4, -0.2) is 24.4 Å². The Bertz CT molecular complexity index is 433. The van der Waals surface area contributed by atoms with Crippen molar-refractivity contribution in [2.24, 2.45) is 11.8 Å². The third-order valence-corrected chi connectivity index (χ3v) is 4.80. The molecular formula is C16H22BrNO2. The first-order valence-electron chi connectivity index (χ1n) is 7.31. The van der Waals surface area contributed by atoms with Gasteiger partial charge < -0.3 is 10.1 Å². The monoisotopic (exact) mass is 339 g/mol. The first-order valence-corrected chi connectivity index (χ1v) is 8.43. The van der Waals surface area contributed by atoms with Gasteiger partial charge in [-0.05, 0) is 55.9 Å². The molecule has 0 aliphatic heterocycles. The molecule has 4 heteroatoms. The standard InChI is InChI=1S/C16H22BrNO2/c1-2-20-15-8-6-12(7-9-15)16(19)18-11-14-5-3-4-13(14)10-17/h6-9,13-14H,2-5,10-11H2,1H3,(H,18,19). The van der Waals surface area contributed by atoms with Crippen molar-refractivity contribution >= 4 is 21.8 Å². The summed E-state index contributed by atoms with van der Waals surface area (Å²) in [5.74, 6) is 2.13. The van der Waals surface area contributed by atoms with Gasteiger partial charge in [-0.2, -0.15) is 0 Å². The molecule has 1 fully saturated rings. The molecule has 110 valence electrons. The second-order valence-electron chi connectivity index (χ2n) is 5.27. The van der Waals surface area contributed by atoms with Gasteiger partial charge in [0.05, 0.1) is 6.61 Å². The summed E-state index contributed by atoms with van der Waals surface area (Å²) < 4.78 is 5.37. The van der Waals surface area contributed by atoms with Crippen molar-refractivity contribution in [1.82, 2.24) is 5.32 Å². The average Bonchev–Trinajstić information content (AvgIpc) is 2.93. The van der Waals surface area contributed by atoms with Gasteiger partial charge in [-0.25, -0.2) is 0 Å². The molecule has 3 nitrogen and oxygen atoms in total. The zero-order chi connectivity index (χ0) is 14.4. The van der Waals surface area contributed by atoms with Crippen molar-refractivity contribution in [2.45, 2.75) is 26.2 Å². The molecule has 0 radical (unpaired) electrons. The number of amides is 1. The SMILES string of the molecule is CCOc1ccc(C(=O)NCC2CCCC2CBr)cc1. The van der Waals surface area contributed by atoms with Gasteiger partial charge in [-0.3, -0.25) is 4.79 Å². The molecule has 0 bridgehead atoms. The van der Waals surface area contributed by atoms with Crippen LogP contribution >= 0.6 is 15.9 Å². The highest BCUT2D eigenvalue weighted by atomic mass is 79.9. The molecule has 0 aromatic heterocycles. The Hall–Kier alpha value is -1.03. The zero-order valence-electron chi connectivity index (χ0n) is 11.9. The molecule has 20 heavy (non-hydrogen) atoms. The molecule has 2 unspecified atom stereocenters. The molecule has 1 N–H and O–H groups in total. The van der Waals surface area contributed by atoms with Crippen molar-refractivity contribution in [3.8, 4) is 5.75 Å². The lowest BCUT2D eigenvalue weighted by Gasteiger charge is -2.17. The summed E-state index contributed by atoms with van der Waals surface area (Å²) in [6.07, 6.45) is 3.77. The minimum Gasteiger partial charge on any atom is -0.494 e. The minimum atomic E-state index is 0.00766. The number of hydrogen-bond acceptors (Lipinski definition) is 2. The highest BCUT2D eigenvalue weighted by Crippen LogP contribution is 2.32. The summed E-state index contributed by atoms with van der Waals surface area (Å²) in [7, 11) is 0. The lowest BCUT2D eigenvalue weighted by molar-refractivity contribution is 0.0945. The first-order chi connectivity index (χ1) is 9.74. The smallest absolute Gasteiger partial charge is 0.251 e. The van der Waals surface area contributed by atoms with Gasteiger partial charge in [0.1, 0.15) is 5.75 Å². The lowest BCUT2D eigenvalue weighted by atomic mass is 9.98. The highest BCUT2D eigenvalue weighted by molar-refractivity contribution is 9.09. The van der Waals surface area contributed by atoms with Crippen LogP contribution in [0.25, 0.3) is 0 Å². The van der Waals surface area contributed by atoms with E-state index in [1.54, 1.807) is 0 Å². The van der Waals surface area contributed by atoms with Crippen molar-refractivity contribution in [1.29, 1.82) is 0 Å². The fourth-order valence-electron chi connectivity index (χ4n) is 2.78. The van der Waals surface area contributed by atoms with Crippen LogP contribution in [0.3, 0.4) is 0 Å². The van der Waals surface area contributed by atoms with Crippen LogP contribution in [0.2, 0.25) is 0 Å². The number of halogens is 1. The molecule has 2 atom stereocenters. The number of rotatable bonds is 6. The molecular weight excluding hydrogens is 318 g/mol. The second kappa shape index (κ2) is 7.67. The fraction of sp³-hybridized carbons (Fsp3) is 0.562. The van der Waals surface area contributed by atoms with Gasteiger partial charge in [0, 0.05) is 17.4 Å². The summed E-state index contributed by atoms with van der Waals surface area (Å²) in [4.78, 5) is 12.1. The van der Waals surface area contributed by atoms with E-state index in [1.165, 1.54) is 19.3 Å². The average molecular weight is 340 g/mol. The Morgan fingerprint density at radius 2 is 2.00 bits per heavy atom. The van der Waals surface area contributed by atoms with Crippen LogP contribution in [0.15, 0.2) is 24.3 Å². The van der Waals surface area contributed by atoms with Gasteiger partial charge in [0.25, 0.3) is 5.91 Å². The van der Waals surface area contributed by atoms with E-state index in [2.05, 4.69) is 21.2 Å². The van der Waals surface area contributed by atoms with E-state index in [0.717, 1.165) is 17.6 Å². The first kappa shape index (κ1) is 15.4. The maximum absolute atomic E-state index is 12.1. The van der Waals surface area contributed by atoms with Crippen LogP contribution in [0, 0.1) is 11.8 Å². The maximum atomic E-state index is 12.1. The van der Waals surface area contributed by atoms with Gasteiger partial charge in [0.15, 0.2) is 0 Å². The van der Waals surface area contributed by atoms with Crippen molar-refractivity contribution in [2.75, 3.05) is 18.5 Å². The summed E-state index contributed by atoms with van der Waals surface area (Å²) in [6.45, 7) is 3.37. The molecule has 1 aromatic carbocycles. The third kappa shape index (κ3) is 3.98. The van der Waals surface area contributed by atoms with Crippen LogP contribution in [0.5, 0.6) is 5.75 Å². The molecule has 0 saturated heterocycles. The van der Waals surface area contributed by atoms with Crippen LogP contribution in [0.1, 0.15) is 36.5 Å².